The van der Waals surface area contributed by atoms with E-state index in [1.807, 2.05) is 6.07 Å². The van der Waals surface area contributed by atoms with Crippen LogP contribution in [0.5, 0.6) is 0 Å². The molecular formula is C15H17BrN2. The van der Waals surface area contributed by atoms with Crippen LogP contribution in [0.1, 0.15) is 11.1 Å². The minimum Gasteiger partial charge on any atom is -0.370 e. The first kappa shape index (κ1) is 13.1. The maximum absolute atomic E-state index is 5.66. The first-order valence-corrected chi connectivity index (χ1v) is 6.73. The van der Waals surface area contributed by atoms with Crippen molar-refractivity contribution < 1.29 is 0 Å². The number of nitrogens with zero attached hydrogens (tertiary/aromatic N) is 1. The van der Waals surface area contributed by atoms with Gasteiger partial charge in [0.05, 0.1) is 0 Å². The third-order valence-electron chi connectivity index (χ3n) is 2.96. The second-order valence-corrected chi connectivity index (χ2v) is 5.18. The molecular weight excluding hydrogens is 288 g/mol. The number of nitrogens with two attached hydrogens (primary N) is 1. The van der Waals surface area contributed by atoms with Crippen molar-refractivity contribution in [2.45, 2.75) is 13.1 Å². The lowest BCUT2D eigenvalue weighted by atomic mass is 10.1. The Balaban J connectivity index is 2.14. The van der Waals surface area contributed by atoms with Gasteiger partial charge in [-0.05, 0) is 23.3 Å². The van der Waals surface area contributed by atoms with Gasteiger partial charge in [-0.3, -0.25) is 0 Å². The number of benzene rings is 2. The van der Waals surface area contributed by atoms with E-state index in [0.29, 0.717) is 6.54 Å². The lowest BCUT2D eigenvalue weighted by molar-refractivity contribution is 0.920. The fourth-order valence-corrected chi connectivity index (χ4v) is 2.42. The molecule has 0 radical (unpaired) electrons. The third kappa shape index (κ3) is 3.12. The largest absolute Gasteiger partial charge is 0.370 e. The summed E-state index contributed by atoms with van der Waals surface area (Å²) in [5.41, 5.74) is 9.28. The summed E-state index contributed by atoms with van der Waals surface area (Å²) in [7, 11) is 2.09. The van der Waals surface area contributed by atoms with Crippen molar-refractivity contribution in [2.75, 3.05) is 11.9 Å². The minimum absolute atomic E-state index is 0.559. The number of hydrogen-bond acceptors (Lipinski definition) is 2. The van der Waals surface area contributed by atoms with Crippen molar-refractivity contribution >= 4 is 21.6 Å². The van der Waals surface area contributed by atoms with Crippen molar-refractivity contribution in [1.29, 1.82) is 0 Å². The summed E-state index contributed by atoms with van der Waals surface area (Å²) in [5.74, 6) is 0. The number of halogens is 1. The lowest BCUT2D eigenvalue weighted by Crippen LogP contribution is -2.16. The third-order valence-corrected chi connectivity index (χ3v) is 3.70. The average molecular weight is 305 g/mol. The van der Waals surface area contributed by atoms with Crippen LogP contribution in [0, 0.1) is 0 Å². The highest BCUT2D eigenvalue weighted by molar-refractivity contribution is 9.10. The molecule has 0 atom stereocenters. The van der Waals surface area contributed by atoms with Crippen molar-refractivity contribution in [1.82, 2.24) is 0 Å². The van der Waals surface area contributed by atoms with Gasteiger partial charge in [-0.2, -0.15) is 0 Å². The first-order valence-electron chi connectivity index (χ1n) is 5.94. The van der Waals surface area contributed by atoms with E-state index in [1.54, 1.807) is 0 Å². The summed E-state index contributed by atoms with van der Waals surface area (Å²) in [4.78, 5) is 2.22. The number of rotatable bonds is 4. The molecule has 0 aliphatic carbocycles. The van der Waals surface area contributed by atoms with E-state index in [9.17, 15) is 0 Å². The molecule has 2 aromatic carbocycles. The van der Waals surface area contributed by atoms with E-state index in [0.717, 1.165) is 16.6 Å². The van der Waals surface area contributed by atoms with Gasteiger partial charge in [-0.1, -0.05) is 52.3 Å². The Morgan fingerprint density at radius 3 is 2.44 bits per heavy atom. The molecule has 2 aromatic rings. The van der Waals surface area contributed by atoms with Gasteiger partial charge in [-0.15, -0.1) is 0 Å². The topological polar surface area (TPSA) is 29.3 Å². The number of hydrogen-bond donors (Lipinski definition) is 1. The molecule has 0 saturated carbocycles. The van der Waals surface area contributed by atoms with Crippen LogP contribution in [-0.4, -0.2) is 7.05 Å². The van der Waals surface area contributed by atoms with Crippen molar-refractivity contribution in [3.8, 4) is 0 Å². The zero-order valence-electron chi connectivity index (χ0n) is 10.4. The molecule has 0 fully saturated rings. The van der Waals surface area contributed by atoms with Crippen molar-refractivity contribution in [3.63, 3.8) is 0 Å². The van der Waals surface area contributed by atoms with E-state index in [1.165, 1.54) is 11.3 Å². The predicted octanol–water partition coefficient (Wildman–Crippen LogP) is 3.54. The Labute approximate surface area is 117 Å². The Kier molecular flexibility index (Phi) is 4.39. The summed E-state index contributed by atoms with van der Waals surface area (Å²) >= 11 is 3.55. The maximum atomic E-state index is 5.66. The zero-order valence-corrected chi connectivity index (χ0v) is 12.0. The molecule has 0 aromatic heterocycles. The van der Waals surface area contributed by atoms with Gasteiger partial charge < -0.3 is 10.6 Å². The van der Waals surface area contributed by atoms with Crippen LogP contribution in [0.2, 0.25) is 0 Å². The molecule has 0 heterocycles. The van der Waals surface area contributed by atoms with Crippen LogP contribution in [0.25, 0.3) is 0 Å². The highest BCUT2D eigenvalue weighted by Gasteiger charge is 2.05. The molecule has 0 spiro atoms. The normalized spacial score (nSPS) is 10.4. The van der Waals surface area contributed by atoms with Crippen molar-refractivity contribution in [2.24, 2.45) is 5.73 Å². The van der Waals surface area contributed by atoms with Gasteiger partial charge >= 0.3 is 0 Å². The fourth-order valence-electron chi connectivity index (χ4n) is 1.89. The Morgan fingerprint density at radius 1 is 1.11 bits per heavy atom. The summed E-state index contributed by atoms with van der Waals surface area (Å²) in [6.45, 7) is 1.46. The van der Waals surface area contributed by atoms with Gasteiger partial charge in [-0.25, -0.2) is 0 Å². The fraction of sp³-hybridized carbons (Fsp3) is 0.200. The van der Waals surface area contributed by atoms with Crippen LogP contribution < -0.4 is 10.6 Å². The maximum Gasteiger partial charge on any atom is 0.0426 e. The second-order valence-electron chi connectivity index (χ2n) is 4.32. The molecule has 94 valence electrons. The first-order chi connectivity index (χ1) is 8.70. The predicted molar refractivity (Wildman–Crippen MR) is 80.6 cm³/mol. The molecule has 0 saturated heterocycles. The quantitative estimate of drug-likeness (QED) is 0.936. The van der Waals surface area contributed by atoms with Crippen LogP contribution in [-0.2, 0) is 13.1 Å². The van der Waals surface area contributed by atoms with Gasteiger partial charge in [0.1, 0.15) is 0 Å². The lowest BCUT2D eigenvalue weighted by Gasteiger charge is -2.20. The molecule has 0 unspecified atom stereocenters. The summed E-state index contributed by atoms with van der Waals surface area (Å²) in [6, 6.07) is 16.7. The van der Waals surface area contributed by atoms with E-state index in [2.05, 4.69) is 70.3 Å². The van der Waals surface area contributed by atoms with Gasteiger partial charge in [0.25, 0.3) is 0 Å². The molecule has 0 aliphatic heterocycles. The zero-order chi connectivity index (χ0) is 13.0. The van der Waals surface area contributed by atoms with Crippen LogP contribution in [0.4, 0.5) is 5.69 Å². The average Bonchev–Trinajstić information content (AvgIpc) is 2.39. The van der Waals surface area contributed by atoms with E-state index < -0.39 is 0 Å². The van der Waals surface area contributed by atoms with E-state index >= 15 is 0 Å². The molecule has 18 heavy (non-hydrogen) atoms. The molecule has 2 rings (SSSR count). The van der Waals surface area contributed by atoms with Gasteiger partial charge in [0.15, 0.2) is 0 Å². The van der Waals surface area contributed by atoms with Gasteiger partial charge in [0, 0.05) is 30.3 Å². The summed E-state index contributed by atoms with van der Waals surface area (Å²) < 4.78 is 1.07. The Hall–Kier alpha value is -1.32. The SMILES string of the molecule is CN(Cc1ccccc1)c1ccc(CN)c(Br)c1. The van der Waals surface area contributed by atoms with Crippen LogP contribution in [0.3, 0.4) is 0 Å². The molecule has 2 nitrogen and oxygen atoms in total. The smallest absolute Gasteiger partial charge is 0.0426 e. The highest BCUT2D eigenvalue weighted by Crippen LogP contribution is 2.24. The highest BCUT2D eigenvalue weighted by atomic mass is 79.9. The Morgan fingerprint density at radius 2 is 1.83 bits per heavy atom. The molecule has 3 heteroatoms. The van der Waals surface area contributed by atoms with Crippen molar-refractivity contribution in [3.05, 3.63) is 64.1 Å². The molecule has 2 N–H and O–H groups in total. The molecule has 0 bridgehead atoms. The van der Waals surface area contributed by atoms with E-state index in [-0.39, 0.29) is 0 Å². The number of anilines is 1. The monoisotopic (exact) mass is 304 g/mol. The standard InChI is InChI=1S/C15H17BrN2/c1-18(11-12-5-3-2-4-6-12)14-8-7-13(10-17)15(16)9-14/h2-9H,10-11,17H2,1H3. The van der Waals surface area contributed by atoms with Gasteiger partial charge in [0.2, 0.25) is 0 Å². The second kappa shape index (κ2) is 6.03. The Bertz CT molecular complexity index is 511. The van der Waals surface area contributed by atoms with Crippen LogP contribution >= 0.6 is 15.9 Å². The summed E-state index contributed by atoms with van der Waals surface area (Å²) in [6.07, 6.45) is 0. The molecule has 0 amide bonds. The molecule has 0 aliphatic rings. The minimum atomic E-state index is 0.559. The van der Waals surface area contributed by atoms with Crippen LogP contribution in [0.15, 0.2) is 53.0 Å². The summed E-state index contributed by atoms with van der Waals surface area (Å²) in [5, 5.41) is 0. The van der Waals surface area contributed by atoms with E-state index in [4.69, 9.17) is 5.73 Å².